The number of hydrogen-bond acceptors (Lipinski definition) is 3. The number of carbonyl (C=O) groups is 1. The first kappa shape index (κ1) is 11.4. The first-order valence-electron chi connectivity index (χ1n) is 4.87. The predicted octanol–water partition coefficient (Wildman–Crippen LogP) is 1.57. The van der Waals surface area contributed by atoms with E-state index in [0.717, 1.165) is 5.69 Å². The van der Waals surface area contributed by atoms with Crippen LogP contribution in [0.1, 0.15) is 13.3 Å². The van der Waals surface area contributed by atoms with Crippen LogP contribution in [0.5, 0.6) is 0 Å². The number of benzene rings is 1. The average molecular weight is 208 g/mol. The van der Waals surface area contributed by atoms with Crippen molar-refractivity contribution < 1.29 is 9.90 Å². The molecule has 4 nitrogen and oxygen atoms in total. The van der Waals surface area contributed by atoms with Crippen LogP contribution in [0, 0.1) is 0 Å². The molecule has 0 amide bonds. The number of hydrogen-bond donors (Lipinski definition) is 2. The lowest BCUT2D eigenvalue weighted by atomic mass is 10.1. The van der Waals surface area contributed by atoms with Gasteiger partial charge in [0.1, 0.15) is 6.04 Å². The summed E-state index contributed by atoms with van der Waals surface area (Å²) in [6, 6.07) is 6.70. The Bertz CT molecular complexity index is 352. The van der Waals surface area contributed by atoms with Gasteiger partial charge in [-0.2, -0.15) is 0 Å². The summed E-state index contributed by atoms with van der Waals surface area (Å²) in [7, 11) is 1.76. The van der Waals surface area contributed by atoms with Crippen molar-refractivity contribution in [2.24, 2.45) is 0 Å². The zero-order valence-corrected chi connectivity index (χ0v) is 8.97. The molecule has 1 unspecified atom stereocenters. The number of nitrogens with two attached hydrogens (primary N) is 1. The molecule has 0 aromatic heterocycles. The van der Waals surface area contributed by atoms with Crippen LogP contribution < -0.4 is 10.6 Å². The molecule has 0 saturated heterocycles. The first-order chi connectivity index (χ1) is 7.06. The molecule has 15 heavy (non-hydrogen) atoms. The molecule has 0 bridgehead atoms. The molecular weight excluding hydrogens is 192 g/mol. The molecule has 3 N–H and O–H groups in total. The molecule has 0 fully saturated rings. The number of rotatable bonds is 4. The van der Waals surface area contributed by atoms with Gasteiger partial charge in [0.05, 0.1) is 0 Å². The van der Waals surface area contributed by atoms with Crippen LogP contribution >= 0.6 is 0 Å². The Morgan fingerprint density at radius 1 is 1.60 bits per heavy atom. The smallest absolute Gasteiger partial charge is 0.326 e. The minimum atomic E-state index is -0.817. The highest BCUT2D eigenvalue weighted by Crippen LogP contribution is 2.19. The largest absolute Gasteiger partial charge is 0.480 e. The zero-order valence-electron chi connectivity index (χ0n) is 8.97. The maximum absolute atomic E-state index is 11.0. The molecule has 0 spiro atoms. The Morgan fingerprint density at radius 3 is 2.73 bits per heavy atom. The highest BCUT2D eigenvalue weighted by Gasteiger charge is 2.20. The topological polar surface area (TPSA) is 66.6 Å². The van der Waals surface area contributed by atoms with Crippen molar-refractivity contribution in [3.63, 3.8) is 0 Å². The average Bonchev–Trinajstić information content (AvgIpc) is 2.18. The maximum Gasteiger partial charge on any atom is 0.326 e. The van der Waals surface area contributed by atoms with Gasteiger partial charge in [0.25, 0.3) is 0 Å². The number of carboxylic acids is 1. The Kier molecular flexibility index (Phi) is 3.55. The van der Waals surface area contributed by atoms with Gasteiger partial charge in [-0.1, -0.05) is 13.0 Å². The summed E-state index contributed by atoms with van der Waals surface area (Å²) >= 11 is 0. The summed E-state index contributed by atoms with van der Waals surface area (Å²) in [5.74, 6) is -0.817. The molecule has 1 rings (SSSR count). The van der Waals surface area contributed by atoms with Crippen LogP contribution in [0.3, 0.4) is 0 Å². The molecule has 0 aliphatic heterocycles. The first-order valence-corrected chi connectivity index (χ1v) is 4.87. The zero-order chi connectivity index (χ0) is 11.4. The fourth-order valence-corrected chi connectivity index (χ4v) is 1.54. The Balaban J connectivity index is 2.92. The number of likely N-dealkylation sites (N-methyl/N-ethyl adjacent to an activating group) is 1. The lowest BCUT2D eigenvalue weighted by Gasteiger charge is -2.25. The number of nitrogens with zero attached hydrogens (tertiary/aromatic N) is 1. The van der Waals surface area contributed by atoms with Gasteiger partial charge >= 0.3 is 5.97 Å². The van der Waals surface area contributed by atoms with Gasteiger partial charge < -0.3 is 15.7 Å². The van der Waals surface area contributed by atoms with E-state index in [9.17, 15) is 4.79 Å². The highest BCUT2D eigenvalue weighted by molar-refractivity contribution is 5.78. The van der Waals surface area contributed by atoms with Crippen molar-refractivity contribution in [2.45, 2.75) is 19.4 Å². The van der Waals surface area contributed by atoms with E-state index < -0.39 is 12.0 Å². The second kappa shape index (κ2) is 4.68. The van der Waals surface area contributed by atoms with Crippen LogP contribution in [0.15, 0.2) is 24.3 Å². The van der Waals surface area contributed by atoms with Gasteiger partial charge in [-0.3, -0.25) is 0 Å². The molecule has 0 aliphatic rings. The molecule has 82 valence electrons. The second-order valence-corrected chi connectivity index (χ2v) is 3.47. The monoisotopic (exact) mass is 208 g/mol. The summed E-state index contributed by atoms with van der Waals surface area (Å²) in [6.45, 7) is 1.85. The molecular formula is C11H16N2O2. The van der Waals surface area contributed by atoms with Crippen molar-refractivity contribution in [2.75, 3.05) is 17.7 Å². The SMILES string of the molecule is CCC(C(=O)O)N(C)c1cccc(N)c1. The minimum Gasteiger partial charge on any atom is -0.480 e. The Morgan fingerprint density at radius 2 is 2.27 bits per heavy atom. The summed E-state index contributed by atoms with van der Waals surface area (Å²) in [4.78, 5) is 12.7. The van der Waals surface area contributed by atoms with E-state index in [-0.39, 0.29) is 0 Å². The normalized spacial score (nSPS) is 12.1. The molecule has 1 atom stereocenters. The molecule has 0 aliphatic carbocycles. The van der Waals surface area contributed by atoms with E-state index in [1.165, 1.54) is 0 Å². The molecule has 0 radical (unpaired) electrons. The third kappa shape index (κ3) is 2.62. The van der Waals surface area contributed by atoms with Crippen LogP contribution in [-0.2, 0) is 4.79 Å². The summed E-state index contributed by atoms with van der Waals surface area (Å²) < 4.78 is 0. The van der Waals surface area contributed by atoms with Gasteiger partial charge in [0.15, 0.2) is 0 Å². The van der Waals surface area contributed by atoms with Crippen molar-refractivity contribution in [1.82, 2.24) is 0 Å². The molecule has 0 saturated carbocycles. The van der Waals surface area contributed by atoms with Crippen LogP contribution in [0.2, 0.25) is 0 Å². The van der Waals surface area contributed by atoms with Gasteiger partial charge in [0.2, 0.25) is 0 Å². The van der Waals surface area contributed by atoms with Crippen molar-refractivity contribution in [3.05, 3.63) is 24.3 Å². The van der Waals surface area contributed by atoms with E-state index in [1.54, 1.807) is 24.1 Å². The summed E-state index contributed by atoms with van der Waals surface area (Å²) in [6.07, 6.45) is 0.556. The second-order valence-electron chi connectivity index (χ2n) is 3.47. The Hall–Kier alpha value is -1.71. The van der Waals surface area contributed by atoms with Gasteiger partial charge in [-0.25, -0.2) is 4.79 Å². The molecule has 1 aromatic carbocycles. The fraction of sp³-hybridized carbons (Fsp3) is 0.364. The van der Waals surface area contributed by atoms with E-state index in [4.69, 9.17) is 10.8 Å². The third-order valence-electron chi connectivity index (χ3n) is 2.42. The third-order valence-corrected chi connectivity index (χ3v) is 2.42. The fourth-order valence-electron chi connectivity index (χ4n) is 1.54. The van der Waals surface area contributed by atoms with Crippen molar-refractivity contribution in [1.29, 1.82) is 0 Å². The predicted molar refractivity (Wildman–Crippen MR) is 61.0 cm³/mol. The summed E-state index contributed by atoms with van der Waals surface area (Å²) in [5, 5.41) is 9.00. The van der Waals surface area contributed by atoms with Crippen molar-refractivity contribution >= 4 is 17.3 Å². The van der Waals surface area contributed by atoms with E-state index >= 15 is 0 Å². The molecule has 1 aromatic rings. The van der Waals surface area contributed by atoms with E-state index in [0.29, 0.717) is 12.1 Å². The van der Waals surface area contributed by atoms with Gasteiger partial charge in [-0.05, 0) is 24.6 Å². The van der Waals surface area contributed by atoms with Crippen LogP contribution in [0.25, 0.3) is 0 Å². The lowest BCUT2D eigenvalue weighted by Crippen LogP contribution is -2.37. The summed E-state index contributed by atoms with van der Waals surface area (Å²) in [5.41, 5.74) is 7.10. The minimum absolute atomic E-state index is 0.508. The van der Waals surface area contributed by atoms with Gasteiger partial charge in [0, 0.05) is 18.4 Å². The number of aliphatic carboxylic acids is 1. The lowest BCUT2D eigenvalue weighted by molar-refractivity contribution is -0.138. The number of nitrogen functional groups attached to an aromatic ring is 1. The van der Waals surface area contributed by atoms with Crippen molar-refractivity contribution in [3.8, 4) is 0 Å². The quantitative estimate of drug-likeness (QED) is 0.737. The molecule has 4 heteroatoms. The Labute approximate surface area is 89.3 Å². The van der Waals surface area contributed by atoms with Crippen LogP contribution in [0.4, 0.5) is 11.4 Å². The van der Waals surface area contributed by atoms with E-state index in [1.807, 2.05) is 19.1 Å². The maximum atomic E-state index is 11.0. The van der Waals surface area contributed by atoms with E-state index in [2.05, 4.69) is 0 Å². The standard InChI is InChI=1S/C11H16N2O2/c1-3-10(11(14)15)13(2)9-6-4-5-8(12)7-9/h4-7,10H,3,12H2,1-2H3,(H,14,15). The van der Waals surface area contributed by atoms with Gasteiger partial charge in [-0.15, -0.1) is 0 Å². The van der Waals surface area contributed by atoms with Crippen LogP contribution in [-0.4, -0.2) is 24.2 Å². The highest BCUT2D eigenvalue weighted by atomic mass is 16.4. The number of carboxylic acid groups (broad SMARTS) is 1. The number of anilines is 2. The molecule has 0 heterocycles.